The lowest BCUT2D eigenvalue weighted by Crippen LogP contribution is -2.51. The normalized spacial score (nSPS) is 39.6. The summed E-state index contributed by atoms with van der Waals surface area (Å²) >= 11 is 0. The molecular weight excluding hydrogens is 236 g/mol. The van der Waals surface area contributed by atoms with Gasteiger partial charge in [-0.3, -0.25) is 4.90 Å². The molecule has 0 aliphatic carbocycles. The topological polar surface area (TPSA) is 24.5 Å². The highest BCUT2D eigenvalue weighted by molar-refractivity contribution is 4.98. The van der Waals surface area contributed by atoms with Crippen LogP contribution in [0, 0.1) is 0 Å². The zero-order valence-electron chi connectivity index (χ0n) is 12.4. The van der Waals surface area contributed by atoms with Crippen LogP contribution in [-0.2, 0) is 4.74 Å². The third-order valence-corrected chi connectivity index (χ3v) is 5.26. The van der Waals surface area contributed by atoms with Gasteiger partial charge < -0.3 is 10.1 Å². The van der Waals surface area contributed by atoms with Crippen molar-refractivity contribution < 1.29 is 4.74 Å². The highest BCUT2D eigenvalue weighted by Gasteiger charge is 2.41. The van der Waals surface area contributed by atoms with Gasteiger partial charge in [-0.25, -0.2) is 0 Å². The van der Waals surface area contributed by atoms with Crippen LogP contribution in [0.2, 0.25) is 0 Å². The van der Waals surface area contributed by atoms with Crippen molar-refractivity contribution in [2.75, 3.05) is 19.7 Å². The summed E-state index contributed by atoms with van der Waals surface area (Å²) in [6.07, 6.45) is 11.3. The highest BCUT2D eigenvalue weighted by atomic mass is 16.5. The molecule has 0 amide bonds. The average Bonchev–Trinajstić information content (AvgIpc) is 2.69. The third kappa shape index (κ3) is 3.32. The summed E-state index contributed by atoms with van der Waals surface area (Å²) in [4.78, 5) is 2.79. The van der Waals surface area contributed by atoms with Crippen molar-refractivity contribution in [3.63, 3.8) is 0 Å². The molecule has 0 aromatic heterocycles. The molecule has 3 atom stereocenters. The van der Waals surface area contributed by atoms with Crippen LogP contribution in [0.25, 0.3) is 0 Å². The fraction of sp³-hybridized carbons (Fsp3) is 1.00. The summed E-state index contributed by atoms with van der Waals surface area (Å²) in [5, 5.41) is 3.74. The average molecular weight is 266 g/mol. The Hall–Kier alpha value is -0.120. The van der Waals surface area contributed by atoms with Crippen LogP contribution in [-0.4, -0.2) is 48.8 Å². The number of nitrogens with zero attached hydrogens (tertiary/aromatic N) is 1. The van der Waals surface area contributed by atoms with Crippen molar-refractivity contribution in [1.29, 1.82) is 0 Å². The van der Waals surface area contributed by atoms with E-state index in [1.807, 2.05) is 0 Å². The van der Waals surface area contributed by atoms with Gasteiger partial charge in [-0.15, -0.1) is 0 Å². The smallest absolute Gasteiger partial charge is 0.0702 e. The summed E-state index contributed by atoms with van der Waals surface area (Å²) < 4.78 is 5.94. The minimum atomic E-state index is 0.525. The molecule has 3 unspecified atom stereocenters. The third-order valence-electron chi connectivity index (χ3n) is 5.26. The van der Waals surface area contributed by atoms with Crippen molar-refractivity contribution in [2.24, 2.45) is 0 Å². The Labute approximate surface area is 118 Å². The van der Waals surface area contributed by atoms with Crippen LogP contribution in [0.4, 0.5) is 0 Å². The van der Waals surface area contributed by atoms with Crippen molar-refractivity contribution in [3.8, 4) is 0 Å². The number of nitrogens with one attached hydrogen (secondary N) is 1. The lowest BCUT2D eigenvalue weighted by molar-refractivity contribution is -0.0242. The fourth-order valence-electron chi connectivity index (χ4n) is 4.27. The van der Waals surface area contributed by atoms with Crippen LogP contribution in [0.1, 0.15) is 58.3 Å². The second-order valence-electron chi connectivity index (χ2n) is 6.69. The predicted octanol–water partition coefficient (Wildman–Crippen LogP) is 2.55. The molecule has 3 heteroatoms. The molecule has 3 fully saturated rings. The quantitative estimate of drug-likeness (QED) is 0.827. The van der Waals surface area contributed by atoms with Gasteiger partial charge in [0.15, 0.2) is 0 Å². The van der Waals surface area contributed by atoms with Gasteiger partial charge in [0.05, 0.1) is 6.10 Å². The number of piperidine rings is 1. The van der Waals surface area contributed by atoms with Crippen LogP contribution < -0.4 is 5.32 Å². The maximum absolute atomic E-state index is 5.94. The van der Waals surface area contributed by atoms with E-state index in [2.05, 4.69) is 17.1 Å². The van der Waals surface area contributed by atoms with Gasteiger partial charge in [0.1, 0.15) is 0 Å². The molecule has 3 aliphatic heterocycles. The van der Waals surface area contributed by atoms with E-state index in [-0.39, 0.29) is 0 Å². The van der Waals surface area contributed by atoms with Crippen LogP contribution in [0.3, 0.4) is 0 Å². The first kappa shape index (κ1) is 13.8. The van der Waals surface area contributed by atoms with E-state index in [4.69, 9.17) is 4.74 Å². The monoisotopic (exact) mass is 266 g/mol. The summed E-state index contributed by atoms with van der Waals surface area (Å²) in [5.41, 5.74) is 0. The number of fused-ring (bicyclic) bond motifs is 2. The minimum Gasteiger partial charge on any atom is -0.377 e. The summed E-state index contributed by atoms with van der Waals surface area (Å²) in [6.45, 7) is 5.65. The molecular formula is C16H30N2O. The van der Waals surface area contributed by atoms with Gasteiger partial charge in [0.25, 0.3) is 0 Å². The van der Waals surface area contributed by atoms with E-state index in [1.54, 1.807) is 0 Å². The molecule has 1 N–H and O–H groups in total. The number of hydrogen-bond donors (Lipinski definition) is 1. The van der Waals surface area contributed by atoms with E-state index in [0.717, 1.165) is 24.7 Å². The zero-order chi connectivity index (χ0) is 13.1. The standard InChI is InChI=1S/C16H30N2O/c1-2-8-17-13-10-14-6-7-15(11-13)18(14)12-16-5-3-4-9-19-16/h13-17H,2-12H2,1H3. The maximum Gasteiger partial charge on any atom is 0.0702 e. The van der Waals surface area contributed by atoms with Gasteiger partial charge >= 0.3 is 0 Å². The first-order valence-electron chi connectivity index (χ1n) is 8.47. The molecule has 0 radical (unpaired) electrons. The lowest BCUT2D eigenvalue weighted by Gasteiger charge is -2.41. The van der Waals surface area contributed by atoms with Crippen LogP contribution in [0.15, 0.2) is 0 Å². The lowest BCUT2D eigenvalue weighted by atomic mass is 9.96. The Morgan fingerprint density at radius 1 is 1.11 bits per heavy atom. The van der Waals surface area contributed by atoms with Crippen LogP contribution >= 0.6 is 0 Å². The van der Waals surface area contributed by atoms with E-state index >= 15 is 0 Å². The second-order valence-corrected chi connectivity index (χ2v) is 6.69. The van der Waals surface area contributed by atoms with Crippen LogP contribution in [0.5, 0.6) is 0 Å². The second kappa shape index (κ2) is 6.55. The van der Waals surface area contributed by atoms with Crippen molar-refractivity contribution in [3.05, 3.63) is 0 Å². The summed E-state index contributed by atoms with van der Waals surface area (Å²) in [5.74, 6) is 0. The molecule has 0 saturated carbocycles. The molecule has 110 valence electrons. The largest absolute Gasteiger partial charge is 0.377 e. The first-order chi connectivity index (χ1) is 9.36. The van der Waals surface area contributed by atoms with E-state index < -0.39 is 0 Å². The Balaban J connectivity index is 1.51. The molecule has 3 heterocycles. The molecule has 2 bridgehead atoms. The molecule has 3 rings (SSSR count). The van der Waals surface area contributed by atoms with E-state index in [0.29, 0.717) is 6.10 Å². The van der Waals surface area contributed by atoms with Crippen molar-refractivity contribution in [2.45, 2.75) is 82.5 Å². The highest BCUT2D eigenvalue weighted by Crippen LogP contribution is 2.36. The van der Waals surface area contributed by atoms with E-state index in [1.165, 1.54) is 64.5 Å². The van der Waals surface area contributed by atoms with Gasteiger partial charge in [-0.2, -0.15) is 0 Å². The zero-order valence-corrected chi connectivity index (χ0v) is 12.4. The molecule has 3 aliphatic rings. The SMILES string of the molecule is CCCNC1CC2CCC(C1)N2CC1CCCCO1. The van der Waals surface area contributed by atoms with Gasteiger partial charge in [-0.05, 0) is 57.9 Å². The molecule has 0 aromatic carbocycles. The maximum atomic E-state index is 5.94. The summed E-state index contributed by atoms with van der Waals surface area (Å²) in [7, 11) is 0. The number of hydrogen-bond acceptors (Lipinski definition) is 3. The molecule has 19 heavy (non-hydrogen) atoms. The van der Waals surface area contributed by atoms with Gasteiger partial charge in [-0.1, -0.05) is 6.92 Å². The molecule has 0 aromatic rings. The molecule has 3 nitrogen and oxygen atoms in total. The van der Waals surface area contributed by atoms with Crippen molar-refractivity contribution in [1.82, 2.24) is 10.2 Å². The minimum absolute atomic E-state index is 0.525. The van der Waals surface area contributed by atoms with Gasteiger partial charge in [0.2, 0.25) is 0 Å². The van der Waals surface area contributed by atoms with Gasteiger partial charge in [0, 0.05) is 31.3 Å². The fourth-order valence-corrected chi connectivity index (χ4v) is 4.27. The first-order valence-corrected chi connectivity index (χ1v) is 8.47. The Morgan fingerprint density at radius 2 is 1.89 bits per heavy atom. The Kier molecular flexibility index (Phi) is 4.78. The summed E-state index contributed by atoms with van der Waals surface area (Å²) in [6, 6.07) is 2.44. The van der Waals surface area contributed by atoms with E-state index in [9.17, 15) is 0 Å². The number of rotatable bonds is 5. The Bertz CT molecular complexity index is 264. The predicted molar refractivity (Wildman–Crippen MR) is 78.4 cm³/mol. The molecule has 0 spiro atoms. The molecule has 3 saturated heterocycles. The van der Waals surface area contributed by atoms with Crippen molar-refractivity contribution >= 4 is 0 Å². The Morgan fingerprint density at radius 3 is 2.53 bits per heavy atom. The number of ether oxygens (including phenoxy) is 1.